The summed E-state index contributed by atoms with van der Waals surface area (Å²) in [5.74, 6) is 1.67. The molecule has 0 spiro atoms. The van der Waals surface area contributed by atoms with Crippen molar-refractivity contribution in [2.24, 2.45) is 0 Å². The number of fused-ring (bicyclic) bond motifs is 1. The van der Waals surface area contributed by atoms with Crippen LogP contribution in [0.2, 0.25) is 0 Å². The van der Waals surface area contributed by atoms with Crippen molar-refractivity contribution in [1.29, 1.82) is 0 Å². The van der Waals surface area contributed by atoms with Crippen molar-refractivity contribution in [2.75, 3.05) is 31.1 Å². The van der Waals surface area contributed by atoms with Gasteiger partial charge in [-0.15, -0.1) is 0 Å². The summed E-state index contributed by atoms with van der Waals surface area (Å²) in [6, 6.07) is 17.0. The van der Waals surface area contributed by atoms with E-state index in [-0.39, 0.29) is 30.9 Å². The number of para-hydroxylation sites is 2. The van der Waals surface area contributed by atoms with E-state index in [0.29, 0.717) is 36.2 Å². The number of piperidine rings is 1. The first-order valence-corrected chi connectivity index (χ1v) is 10.4. The van der Waals surface area contributed by atoms with Gasteiger partial charge in [0.05, 0.1) is 5.69 Å². The van der Waals surface area contributed by atoms with Gasteiger partial charge in [0.25, 0.3) is 5.91 Å². The molecule has 8 heteroatoms. The van der Waals surface area contributed by atoms with Crippen LogP contribution in [0.5, 0.6) is 5.75 Å². The summed E-state index contributed by atoms with van der Waals surface area (Å²) < 4.78 is 10.9. The second-order valence-electron chi connectivity index (χ2n) is 7.71. The van der Waals surface area contributed by atoms with Crippen LogP contribution in [0, 0.1) is 0 Å². The van der Waals surface area contributed by atoms with Crippen molar-refractivity contribution < 1.29 is 18.8 Å². The van der Waals surface area contributed by atoms with Crippen LogP contribution < -0.4 is 9.64 Å². The smallest absolute Gasteiger partial charge is 0.265 e. The third-order valence-corrected chi connectivity index (χ3v) is 5.77. The number of rotatable bonds is 4. The minimum absolute atomic E-state index is 0.0165. The highest BCUT2D eigenvalue weighted by molar-refractivity contribution is 6.02. The monoisotopic (exact) mass is 418 g/mol. The van der Waals surface area contributed by atoms with Crippen molar-refractivity contribution in [3.63, 3.8) is 0 Å². The lowest BCUT2D eigenvalue weighted by molar-refractivity contribution is -0.133. The second-order valence-corrected chi connectivity index (χ2v) is 7.71. The van der Waals surface area contributed by atoms with Gasteiger partial charge in [-0.1, -0.05) is 47.6 Å². The van der Waals surface area contributed by atoms with Gasteiger partial charge in [-0.25, -0.2) is 0 Å². The lowest BCUT2D eigenvalue weighted by Crippen LogP contribution is -2.48. The lowest BCUT2D eigenvalue weighted by Gasteiger charge is -2.34. The number of ether oxygens (including phenoxy) is 1. The van der Waals surface area contributed by atoms with Crippen LogP contribution in [0.3, 0.4) is 0 Å². The Hall–Kier alpha value is -3.68. The molecule has 0 radical (unpaired) electrons. The lowest BCUT2D eigenvalue weighted by atomic mass is 9.96. The number of amides is 2. The number of nitrogens with zero attached hydrogens (tertiary/aromatic N) is 4. The number of hydrogen-bond acceptors (Lipinski definition) is 6. The van der Waals surface area contributed by atoms with Crippen molar-refractivity contribution in [1.82, 2.24) is 15.0 Å². The topological polar surface area (TPSA) is 88.8 Å². The summed E-state index contributed by atoms with van der Waals surface area (Å²) in [5.41, 5.74) is 1.56. The molecule has 31 heavy (non-hydrogen) atoms. The summed E-state index contributed by atoms with van der Waals surface area (Å²) in [4.78, 5) is 33.1. The molecule has 0 N–H and O–H groups in total. The van der Waals surface area contributed by atoms with Crippen LogP contribution in [-0.2, 0) is 9.59 Å². The number of benzene rings is 2. The summed E-state index contributed by atoms with van der Waals surface area (Å²) in [6.45, 7) is 1.15. The molecule has 1 aromatic heterocycles. The molecule has 2 aliphatic heterocycles. The quantitative estimate of drug-likeness (QED) is 0.647. The average Bonchev–Trinajstić information content (AvgIpc) is 3.32. The van der Waals surface area contributed by atoms with Crippen LogP contribution in [0.15, 0.2) is 59.1 Å². The van der Waals surface area contributed by atoms with Crippen molar-refractivity contribution >= 4 is 17.5 Å². The first kappa shape index (κ1) is 19.3. The number of aromatic nitrogens is 2. The van der Waals surface area contributed by atoms with Crippen molar-refractivity contribution in [2.45, 2.75) is 18.8 Å². The molecule has 0 saturated carbocycles. The highest BCUT2D eigenvalue weighted by Gasteiger charge is 2.31. The number of carbonyl (C=O) groups is 2. The Morgan fingerprint density at radius 3 is 2.58 bits per heavy atom. The molecule has 0 unspecified atom stereocenters. The van der Waals surface area contributed by atoms with E-state index in [1.807, 2.05) is 42.5 Å². The van der Waals surface area contributed by atoms with E-state index < -0.39 is 0 Å². The van der Waals surface area contributed by atoms with Crippen LogP contribution in [0.25, 0.3) is 11.4 Å². The molecule has 0 bridgehead atoms. The Labute approximate surface area is 179 Å². The fourth-order valence-corrected chi connectivity index (χ4v) is 4.04. The molecule has 158 valence electrons. The highest BCUT2D eigenvalue weighted by Crippen LogP contribution is 2.32. The van der Waals surface area contributed by atoms with E-state index in [9.17, 15) is 9.59 Å². The molecule has 1 saturated heterocycles. The Morgan fingerprint density at radius 1 is 1.03 bits per heavy atom. The Balaban J connectivity index is 1.21. The fraction of sp³-hybridized carbons (Fsp3) is 0.304. The number of hydrogen-bond donors (Lipinski definition) is 0. The van der Waals surface area contributed by atoms with E-state index in [0.717, 1.165) is 18.4 Å². The molecule has 0 aliphatic carbocycles. The normalized spacial score (nSPS) is 16.7. The summed E-state index contributed by atoms with van der Waals surface area (Å²) in [6.07, 6.45) is 1.49. The number of anilines is 1. The summed E-state index contributed by atoms with van der Waals surface area (Å²) >= 11 is 0. The van der Waals surface area contributed by atoms with Gasteiger partial charge >= 0.3 is 0 Å². The van der Waals surface area contributed by atoms with Crippen molar-refractivity contribution in [3.05, 3.63) is 60.5 Å². The zero-order valence-electron chi connectivity index (χ0n) is 16.9. The van der Waals surface area contributed by atoms with Gasteiger partial charge in [-0.2, -0.15) is 4.98 Å². The van der Waals surface area contributed by atoms with Crippen molar-refractivity contribution in [3.8, 4) is 17.1 Å². The maximum absolute atomic E-state index is 12.9. The molecular formula is C23H22N4O4. The van der Waals surface area contributed by atoms with Gasteiger partial charge in [0.1, 0.15) is 12.3 Å². The molecule has 5 rings (SSSR count). The zero-order chi connectivity index (χ0) is 21.2. The minimum Gasteiger partial charge on any atom is -0.482 e. The largest absolute Gasteiger partial charge is 0.482 e. The minimum atomic E-state index is -0.207. The van der Waals surface area contributed by atoms with E-state index >= 15 is 0 Å². The Bertz CT molecular complexity index is 1090. The van der Waals surface area contributed by atoms with Crippen LogP contribution in [0.1, 0.15) is 24.7 Å². The molecule has 1 fully saturated rings. The zero-order valence-corrected chi connectivity index (χ0v) is 16.9. The third-order valence-electron chi connectivity index (χ3n) is 5.77. The first-order chi connectivity index (χ1) is 15.2. The highest BCUT2D eigenvalue weighted by atomic mass is 16.5. The predicted molar refractivity (Wildman–Crippen MR) is 113 cm³/mol. The molecule has 2 amide bonds. The molecule has 3 aromatic rings. The van der Waals surface area contributed by atoms with Gasteiger partial charge in [-0.3, -0.25) is 14.5 Å². The van der Waals surface area contributed by atoms with Gasteiger partial charge in [0.15, 0.2) is 6.61 Å². The standard InChI is InChI=1S/C23H22N4O4/c28-20(14-27-18-8-4-5-9-19(18)30-15-21(27)29)26-12-10-17(11-13-26)23-24-22(25-31-23)16-6-2-1-3-7-16/h1-9,17H,10-15H2. The molecule has 2 aliphatic rings. The van der Waals surface area contributed by atoms with E-state index in [4.69, 9.17) is 9.26 Å². The molecule has 0 atom stereocenters. The van der Waals surface area contributed by atoms with Gasteiger partial charge < -0.3 is 14.2 Å². The van der Waals surface area contributed by atoms with Gasteiger partial charge in [0.2, 0.25) is 17.6 Å². The summed E-state index contributed by atoms with van der Waals surface area (Å²) in [5, 5.41) is 4.10. The number of carbonyl (C=O) groups excluding carboxylic acids is 2. The average molecular weight is 418 g/mol. The maximum atomic E-state index is 12.9. The predicted octanol–water partition coefficient (Wildman–Crippen LogP) is 2.87. The first-order valence-electron chi connectivity index (χ1n) is 10.4. The molecule has 8 nitrogen and oxygen atoms in total. The SMILES string of the molecule is O=C(CN1C(=O)COc2ccccc21)N1CCC(c2nc(-c3ccccc3)no2)CC1. The van der Waals surface area contributed by atoms with Gasteiger partial charge in [-0.05, 0) is 25.0 Å². The molecule has 2 aromatic carbocycles. The maximum Gasteiger partial charge on any atom is 0.265 e. The molecular weight excluding hydrogens is 396 g/mol. The Kier molecular flexibility index (Phi) is 5.11. The van der Waals surface area contributed by atoms with Crippen LogP contribution >= 0.6 is 0 Å². The van der Waals surface area contributed by atoms with E-state index in [2.05, 4.69) is 10.1 Å². The third kappa shape index (κ3) is 3.88. The fourth-order valence-electron chi connectivity index (χ4n) is 4.04. The number of likely N-dealkylation sites (tertiary alicyclic amines) is 1. The van der Waals surface area contributed by atoms with Crippen LogP contribution in [-0.4, -0.2) is 53.1 Å². The van der Waals surface area contributed by atoms with E-state index in [1.54, 1.807) is 17.0 Å². The van der Waals surface area contributed by atoms with E-state index in [1.165, 1.54) is 4.90 Å². The molecule has 3 heterocycles. The summed E-state index contributed by atoms with van der Waals surface area (Å²) in [7, 11) is 0. The Morgan fingerprint density at radius 2 is 1.77 bits per heavy atom. The van der Waals surface area contributed by atoms with Crippen LogP contribution in [0.4, 0.5) is 5.69 Å². The second kappa shape index (κ2) is 8.22. The van der Waals surface area contributed by atoms with Gasteiger partial charge in [0, 0.05) is 24.6 Å².